The summed E-state index contributed by atoms with van der Waals surface area (Å²) in [5, 5.41) is 11.8. The number of hydrogen-bond acceptors (Lipinski definition) is 4. The first kappa shape index (κ1) is 14.1. The molecular formula is C13H8Cl2N4O. The minimum absolute atomic E-state index is 0.182. The van der Waals surface area contributed by atoms with E-state index in [1.807, 2.05) is 6.07 Å². The monoisotopic (exact) mass is 306 g/mol. The van der Waals surface area contributed by atoms with Crippen LogP contribution in [-0.2, 0) is 0 Å². The molecule has 1 amide bonds. The number of benzene rings is 1. The van der Waals surface area contributed by atoms with Gasteiger partial charge in [-0.05, 0) is 24.3 Å². The smallest absolute Gasteiger partial charge is 0.257 e. The Morgan fingerprint density at radius 3 is 2.70 bits per heavy atom. The van der Waals surface area contributed by atoms with E-state index in [2.05, 4.69) is 10.3 Å². The number of carbonyl (C=O) groups is 1. The second kappa shape index (κ2) is 5.78. The van der Waals surface area contributed by atoms with E-state index in [0.29, 0.717) is 11.3 Å². The third-order valence-electron chi connectivity index (χ3n) is 2.47. The van der Waals surface area contributed by atoms with Crippen LogP contribution in [0, 0.1) is 11.3 Å². The first-order valence-corrected chi connectivity index (χ1v) is 6.19. The van der Waals surface area contributed by atoms with E-state index in [4.69, 9.17) is 34.2 Å². The number of nitrogens with two attached hydrogens (primary N) is 1. The molecule has 0 fully saturated rings. The van der Waals surface area contributed by atoms with Gasteiger partial charge in [0.05, 0.1) is 32.9 Å². The van der Waals surface area contributed by atoms with Gasteiger partial charge in [0.1, 0.15) is 5.82 Å². The van der Waals surface area contributed by atoms with Gasteiger partial charge in [0.15, 0.2) is 0 Å². The van der Waals surface area contributed by atoms with Gasteiger partial charge in [-0.1, -0.05) is 23.2 Å². The molecular weight excluding hydrogens is 299 g/mol. The Hall–Kier alpha value is -2.29. The molecule has 20 heavy (non-hydrogen) atoms. The molecule has 100 valence electrons. The van der Waals surface area contributed by atoms with Gasteiger partial charge < -0.3 is 11.1 Å². The predicted octanol–water partition coefficient (Wildman–Crippen LogP) is 3.09. The summed E-state index contributed by atoms with van der Waals surface area (Å²) in [6, 6.07) is 7.87. The molecule has 1 aromatic heterocycles. The number of pyridine rings is 1. The Bertz CT molecular complexity index is 725. The van der Waals surface area contributed by atoms with Gasteiger partial charge in [-0.2, -0.15) is 5.26 Å². The van der Waals surface area contributed by atoms with Crippen molar-refractivity contribution in [3.05, 3.63) is 51.6 Å². The molecule has 0 aliphatic rings. The van der Waals surface area contributed by atoms with Gasteiger partial charge in [-0.15, -0.1) is 0 Å². The summed E-state index contributed by atoms with van der Waals surface area (Å²) in [7, 11) is 0. The number of halogens is 2. The number of nitrogens with one attached hydrogen (secondary N) is 1. The Kier molecular flexibility index (Phi) is 4.08. The van der Waals surface area contributed by atoms with Crippen LogP contribution in [0.4, 0.5) is 11.5 Å². The van der Waals surface area contributed by atoms with Gasteiger partial charge in [-0.25, -0.2) is 4.98 Å². The molecule has 0 spiro atoms. The maximum atomic E-state index is 12.1. The molecule has 2 rings (SSSR count). The highest BCUT2D eigenvalue weighted by molar-refractivity contribution is 6.36. The van der Waals surface area contributed by atoms with Crippen LogP contribution < -0.4 is 11.1 Å². The number of nitrogens with zero attached hydrogens (tertiary/aromatic N) is 2. The largest absolute Gasteiger partial charge is 0.384 e. The average Bonchev–Trinajstić information content (AvgIpc) is 2.43. The van der Waals surface area contributed by atoms with Crippen molar-refractivity contribution in [1.82, 2.24) is 4.98 Å². The summed E-state index contributed by atoms with van der Waals surface area (Å²) < 4.78 is 0. The van der Waals surface area contributed by atoms with Crippen molar-refractivity contribution in [2.75, 3.05) is 11.1 Å². The van der Waals surface area contributed by atoms with Crippen molar-refractivity contribution in [3.8, 4) is 6.07 Å². The number of anilines is 2. The molecule has 1 aromatic carbocycles. The predicted molar refractivity (Wildman–Crippen MR) is 77.8 cm³/mol. The molecule has 0 aliphatic carbocycles. The van der Waals surface area contributed by atoms with E-state index in [0.717, 1.165) is 0 Å². The SMILES string of the molecule is N#Cc1ccc(NC(=O)c2cc(N)ncc2Cl)c(Cl)c1. The van der Waals surface area contributed by atoms with Crippen LogP contribution in [0.15, 0.2) is 30.5 Å². The maximum Gasteiger partial charge on any atom is 0.257 e. The van der Waals surface area contributed by atoms with E-state index < -0.39 is 5.91 Å². The highest BCUT2D eigenvalue weighted by Crippen LogP contribution is 2.25. The fourth-order valence-electron chi connectivity index (χ4n) is 1.50. The normalized spacial score (nSPS) is 9.85. The van der Waals surface area contributed by atoms with Crippen LogP contribution in [0.2, 0.25) is 10.0 Å². The molecule has 1 heterocycles. The van der Waals surface area contributed by atoms with Gasteiger partial charge in [-0.3, -0.25) is 4.79 Å². The minimum atomic E-state index is -0.462. The summed E-state index contributed by atoms with van der Waals surface area (Å²) in [5.74, 6) is -0.277. The number of hydrogen-bond donors (Lipinski definition) is 2. The summed E-state index contributed by atoms with van der Waals surface area (Å²) >= 11 is 11.9. The lowest BCUT2D eigenvalue weighted by atomic mass is 10.2. The number of carbonyl (C=O) groups excluding carboxylic acids is 1. The summed E-state index contributed by atoms with van der Waals surface area (Å²) in [6.07, 6.45) is 1.30. The number of aromatic nitrogens is 1. The zero-order valence-corrected chi connectivity index (χ0v) is 11.5. The van der Waals surface area contributed by atoms with Crippen molar-refractivity contribution in [3.63, 3.8) is 0 Å². The van der Waals surface area contributed by atoms with E-state index in [-0.39, 0.29) is 21.4 Å². The first-order chi connectivity index (χ1) is 9.51. The van der Waals surface area contributed by atoms with Crippen molar-refractivity contribution >= 4 is 40.6 Å². The molecule has 0 unspecified atom stereocenters. The molecule has 0 bridgehead atoms. The lowest BCUT2D eigenvalue weighted by Gasteiger charge is -2.08. The van der Waals surface area contributed by atoms with Crippen LogP contribution in [0.25, 0.3) is 0 Å². The second-order valence-electron chi connectivity index (χ2n) is 3.85. The molecule has 7 heteroatoms. The molecule has 0 saturated heterocycles. The van der Waals surface area contributed by atoms with Crippen molar-refractivity contribution < 1.29 is 4.79 Å². The standard InChI is InChI=1S/C13H8Cl2N4O/c14-9-3-7(5-16)1-2-11(9)19-13(20)8-4-12(17)18-6-10(8)15/h1-4,6H,(H2,17,18)(H,19,20). The van der Waals surface area contributed by atoms with Crippen LogP contribution >= 0.6 is 23.2 Å². The van der Waals surface area contributed by atoms with Crippen molar-refractivity contribution in [2.45, 2.75) is 0 Å². The Morgan fingerprint density at radius 2 is 2.05 bits per heavy atom. The Morgan fingerprint density at radius 1 is 1.30 bits per heavy atom. The lowest BCUT2D eigenvalue weighted by Crippen LogP contribution is -2.13. The summed E-state index contributed by atoms with van der Waals surface area (Å²) in [5.41, 5.74) is 6.49. The molecule has 0 atom stereocenters. The van der Waals surface area contributed by atoms with Gasteiger partial charge in [0.2, 0.25) is 0 Å². The summed E-state index contributed by atoms with van der Waals surface area (Å²) in [4.78, 5) is 15.9. The number of rotatable bonds is 2. The van der Waals surface area contributed by atoms with E-state index in [1.54, 1.807) is 6.07 Å². The van der Waals surface area contributed by atoms with E-state index >= 15 is 0 Å². The molecule has 0 aliphatic heterocycles. The number of nitrogen functional groups attached to an aromatic ring is 1. The van der Waals surface area contributed by atoms with Crippen molar-refractivity contribution in [2.24, 2.45) is 0 Å². The quantitative estimate of drug-likeness (QED) is 0.891. The van der Waals surface area contributed by atoms with Gasteiger partial charge >= 0.3 is 0 Å². The Balaban J connectivity index is 2.28. The van der Waals surface area contributed by atoms with Crippen LogP contribution in [0.1, 0.15) is 15.9 Å². The second-order valence-corrected chi connectivity index (χ2v) is 4.66. The fraction of sp³-hybridized carbons (Fsp3) is 0. The minimum Gasteiger partial charge on any atom is -0.384 e. The number of nitriles is 1. The highest BCUT2D eigenvalue weighted by atomic mass is 35.5. The topological polar surface area (TPSA) is 91.8 Å². The Labute approximate surface area is 124 Å². The molecule has 3 N–H and O–H groups in total. The molecule has 5 nitrogen and oxygen atoms in total. The van der Waals surface area contributed by atoms with Crippen molar-refractivity contribution in [1.29, 1.82) is 5.26 Å². The molecule has 0 radical (unpaired) electrons. The fourth-order valence-corrected chi connectivity index (χ4v) is 1.92. The maximum absolute atomic E-state index is 12.1. The molecule has 2 aromatic rings. The van der Waals surface area contributed by atoms with E-state index in [9.17, 15) is 4.79 Å². The van der Waals surface area contributed by atoms with Crippen LogP contribution in [0.5, 0.6) is 0 Å². The first-order valence-electron chi connectivity index (χ1n) is 5.43. The van der Waals surface area contributed by atoms with Crippen LogP contribution in [-0.4, -0.2) is 10.9 Å². The third-order valence-corrected chi connectivity index (χ3v) is 3.08. The van der Waals surface area contributed by atoms with Gasteiger partial charge in [0.25, 0.3) is 5.91 Å². The zero-order chi connectivity index (χ0) is 14.7. The van der Waals surface area contributed by atoms with E-state index in [1.165, 1.54) is 24.4 Å². The average molecular weight is 307 g/mol. The molecule has 0 saturated carbocycles. The lowest BCUT2D eigenvalue weighted by molar-refractivity contribution is 0.102. The van der Waals surface area contributed by atoms with Gasteiger partial charge in [0, 0.05) is 6.20 Å². The number of amides is 1. The van der Waals surface area contributed by atoms with Crippen LogP contribution in [0.3, 0.4) is 0 Å². The summed E-state index contributed by atoms with van der Waals surface area (Å²) in [6.45, 7) is 0. The third kappa shape index (κ3) is 2.99. The highest BCUT2D eigenvalue weighted by Gasteiger charge is 2.13. The zero-order valence-electron chi connectivity index (χ0n) is 10.0.